The number of carbonyl (C=O) groups excluding carboxylic acids is 1. The molecule has 2 atom stereocenters. The first-order chi connectivity index (χ1) is 13.1. The third kappa shape index (κ3) is 3.42. The van der Waals surface area contributed by atoms with E-state index in [1.54, 1.807) is 18.9 Å². The van der Waals surface area contributed by atoms with Crippen LogP contribution < -0.4 is 0 Å². The maximum absolute atomic E-state index is 13.2. The average Bonchev–Trinajstić information content (AvgIpc) is 2.67. The van der Waals surface area contributed by atoms with Gasteiger partial charge in [-0.3, -0.25) is 4.79 Å². The van der Waals surface area contributed by atoms with Crippen molar-refractivity contribution >= 4 is 39.2 Å². The molecule has 0 aromatic heterocycles. The number of methoxy groups -OCH3 is 1. The molecule has 4 heteroatoms. The highest BCUT2D eigenvalue weighted by Gasteiger charge is 2.39. The number of ketones is 1. The van der Waals surface area contributed by atoms with Crippen LogP contribution in [0.4, 0.5) is 0 Å². The third-order valence-electron chi connectivity index (χ3n) is 5.15. The molecule has 0 saturated heterocycles. The largest absolute Gasteiger partial charge is 0.339 e. The van der Waals surface area contributed by atoms with E-state index in [1.807, 2.05) is 6.07 Å². The zero-order valence-corrected chi connectivity index (χ0v) is 17.5. The number of carbonyl (C=O) groups is 1. The number of hydrogen-bond acceptors (Lipinski definition) is 3. The lowest BCUT2D eigenvalue weighted by molar-refractivity contribution is 0.0986. The van der Waals surface area contributed by atoms with Crippen molar-refractivity contribution in [2.24, 2.45) is 0 Å². The lowest BCUT2D eigenvalue weighted by atomic mass is 9.87. The molecule has 0 spiro atoms. The fraction of sp³-hybridized carbons (Fsp3) is 0.261. The maximum atomic E-state index is 13.2. The van der Waals surface area contributed by atoms with Gasteiger partial charge in [0.2, 0.25) is 11.7 Å². The molecule has 0 amide bonds. The highest BCUT2D eigenvalue weighted by Crippen LogP contribution is 2.40. The predicted molar refractivity (Wildman–Crippen MR) is 116 cm³/mol. The Morgan fingerprint density at radius 3 is 2.67 bits per heavy atom. The summed E-state index contributed by atoms with van der Waals surface area (Å²) in [6.07, 6.45) is 2.95. The first kappa shape index (κ1) is 18.6. The second-order valence-corrected chi connectivity index (χ2v) is 10.2. The number of benzene rings is 3. The molecule has 3 aromatic rings. The van der Waals surface area contributed by atoms with Crippen molar-refractivity contribution < 1.29 is 9.53 Å². The SMILES string of the molecule is COC[S+](C)C1Cc2cccc3c(Sc4ccccc4C)ccc(c23)C1=O. The Kier molecular flexibility index (Phi) is 5.31. The fourth-order valence-corrected chi connectivity index (χ4v) is 6.29. The van der Waals surface area contributed by atoms with E-state index < -0.39 is 0 Å². The van der Waals surface area contributed by atoms with E-state index in [4.69, 9.17) is 4.74 Å². The molecule has 0 heterocycles. The monoisotopic (exact) mass is 395 g/mol. The average molecular weight is 396 g/mol. The molecule has 1 aliphatic carbocycles. The first-order valence-corrected chi connectivity index (χ1v) is 11.7. The van der Waals surface area contributed by atoms with E-state index in [0.717, 1.165) is 17.4 Å². The van der Waals surface area contributed by atoms with E-state index in [2.05, 4.69) is 61.7 Å². The summed E-state index contributed by atoms with van der Waals surface area (Å²) in [6, 6.07) is 19.0. The molecular formula is C23H23O2S2+. The number of Topliss-reactive ketones (excluding diaryl/α,β-unsaturated/α-hetero) is 1. The van der Waals surface area contributed by atoms with Crippen molar-refractivity contribution in [3.05, 3.63) is 71.3 Å². The Hall–Kier alpha value is -1.75. The number of hydrogen-bond donors (Lipinski definition) is 0. The standard InChI is InChI=1S/C23H23O2S2/c1-15-7-4-5-10-19(15)26-20-12-11-18-22-16(8-6-9-17(20)22)13-21(23(18)24)27(3)14-25-2/h4-12,21H,13-14H2,1-3H3/q+1. The van der Waals surface area contributed by atoms with E-state index >= 15 is 0 Å². The van der Waals surface area contributed by atoms with Crippen molar-refractivity contribution in [3.63, 3.8) is 0 Å². The van der Waals surface area contributed by atoms with Gasteiger partial charge in [0.1, 0.15) is 6.26 Å². The van der Waals surface area contributed by atoms with Crippen LogP contribution in [0.15, 0.2) is 64.4 Å². The van der Waals surface area contributed by atoms with Crippen molar-refractivity contribution in [1.82, 2.24) is 0 Å². The highest BCUT2D eigenvalue weighted by atomic mass is 32.2. The van der Waals surface area contributed by atoms with E-state index in [-0.39, 0.29) is 21.9 Å². The molecule has 138 valence electrons. The van der Waals surface area contributed by atoms with Crippen LogP contribution in [-0.4, -0.2) is 30.3 Å². The summed E-state index contributed by atoms with van der Waals surface area (Å²) in [5.74, 6) is 0.914. The molecule has 2 nitrogen and oxygen atoms in total. The van der Waals surface area contributed by atoms with Crippen molar-refractivity contribution in [2.45, 2.75) is 28.4 Å². The van der Waals surface area contributed by atoms with Gasteiger partial charge in [0.15, 0.2) is 5.25 Å². The summed E-state index contributed by atoms with van der Waals surface area (Å²) < 4.78 is 5.32. The molecule has 0 N–H and O–H groups in total. The topological polar surface area (TPSA) is 26.3 Å². The predicted octanol–water partition coefficient (Wildman–Crippen LogP) is 5.26. The molecule has 3 aromatic carbocycles. The van der Waals surface area contributed by atoms with Crippen LogP contribution >= 0.6 is 11.8 Å². The zero-order valence-electron chi connectivity index (χ0n) is 15.8. The van der Waals surface area contributed by atoms with Gasteiger partial charge in [0, 0.05) is 39.8 Å². The van der Waals surface area contributed by atoms with Gasteiger partial charge in [-0.25, -0.2) is 0 Å². The third-order valence-corrected chi connectivity index (χ3v) is 8.37. The normalized spacial score (nSPS) is 17.3. The van der Waals surface area contributed by atoms with Gasteiger partial charge in [-0.2, -0.15) is 0 Å². The fourth-order valence-electron chi connectivity index (χ4n) is 3.77. The highest BCUT2D eigenvalue weighted by molar-refractivity contribution is 7.99. The van der Waals surface area contributed by atoms with Gasteiger partial charge in [-0.05, 0) is 47.0 Å². The summed E-state index contributed by atoms with van der Waals surface area (Å²) in [4.78, 5) is 15.7. The molecule has 0 saturated carbocycles. The van der Waals surface area contributed by atoms with Crippen LogP contribution in [0.3, 0.4) is 0 Å². The number of rotatable bonds is 5. The van der Waals surface area contributed by atoms with Crippen LogP contribution in [0.1, 0.15) is 21.5 Å². The molecule has 0 aliphatic heterocycles. The molecular weight excluding hydrogens is 372 g/mol. The lowest BCUT2D eigenvalue weighted by Gasteiger charge is -2.24. The van der Waals surface area contributed by atoms with Gasteiger partial charge in [-0.15, -0.1) is 0 Å². The Morgan fingerprint density at radius 2 is 1.89 bits per heavy atom. The Labute approximate surface area is 167 Å². The van der Waals surface area contributed by atoms with Gasteiger partial charge in [0.25, 0.3) is 0 Å². The molecule has 27 heavy (non-hydrogen) atoms. The minimum absolute atomic E-state index is 0.0259. The number of ether oxygens (including phenoxy) is 1. The van der Waals surface area contributed by atoms with Crippen LogP contribution in [0, 0.1) is 6.92 Å². The molecule has 1 aliphatic rings. The summed E-state index contributed by atoms with van der Waals surface area (Å²) in [6.45, 7) is 2.14. The summed E-state index contributed by atoms with van der Waals surface area (Å²) in [5, 5.41) is 2.36. The van der Waals surface area contributed by atoms with Crippen molar-refractivity contribution in [3.8, 4) is 0 Å². The molecule has 0 radical (unpaired) electrons. The van der Waals surface area contributed by atoms with Crippen molar-refractivity contribution in [1.29, 1.82) is 0 Å². The molecule has 0 fully saturated rings. The van der Waals surface area contributed by atoms with E-state index in [1.165, 1.54) is 26.3 Å². The Bertz CT molecular complexity index is 1010. The number of aryl methyl sites for hydroxylation is 1. The van der Waals surface area contributed by atoms with Crippen molar-refractivity contribution in [2.75, 3.05) is 19.3 Å². The van der Waals surface area contributed by atoms with E-state index in [9.17, 15) is 4.79 Å². The second kappa shape index (κ2) is 7.70. The van der Waals surface area contributed by atoms with Gasteiger partial charge >= 0.3 is 0 Å². The Morgan fingerprint density at radius 1 is 1.07 bits per heavy atom. The zero-order chi connectivity index (χ0) is 19.0. The van der Waals surface area contributed by atoms with Crippen LogP contribution in [-0.2, 0) is 22.1 Å². The van der Waals surface area contributed by atoms with Crippen LogP contribution in [0.5, 0.6) is 0 Å². The summed E-state index contributed by atoms with van der Waals surface area (Å²) in [7, 11) is 1.63. The van der Waals surface area contributed by atoms with Gasteiger partial charge < -0.3 is 4.74 Å². The van der Waals surface area contributed by atoms with Gasteiger partial charge in [-0.1, -0.05) is 48.2 Å². The molecule has 0 bridgehead atoms. The first-order valence-electron chi connectivity index (χ1n) is 9.02. The van der Waals surface area contributed by atoms with Crippen LogP contribution in [0.25, 0.3) is 10.8 Å². The molecule has 4 rings (SSSR count). The minimum atomic E-state index is -0.0805. The minimum Gasteiger partial charge on any atom is -0.339 e. The summed E-state index contributed by atoms with van der Waals surface area (Å²) in [5.41, 5.74) is 3.44. The summed E-state index contributed by atoms with van der Waals surface area (Å²) >= 11 is 1.78. The maximum Gasteiger partial charge on any atom is 0.215 e. The Balaban J connectivity index is 1.79. The van der Waals surface area contributed by atoms with Gasteiger partial charge in [0.05, 0.1) is 0 Å². The lowest BCUT2D eigenvalue weighted by Crippen LogP contribution is -2.36. The smallest absolute Gasteiger partial charge is 0.215 e. The second-order valence-electron chi connectivity index (χ2n) is 6.97. The van der Waals surface area contributed by atoms with E-state index in [0.29, 0.717) is 5.94 Å². The quantitative estimate of drug-likeness (QED) is 0.551. The molecule has 2 unspecified atom stereocenters. The van der Waals surface area contributed by atoms with Crippen LogP contribution in [0.2, 0.25) is 0 Å².